The highest BCUT2D eigenvalue weighted by Crippen LogP contribution is 2.28. The van der Waals surface area contributed by atoms with E-state index in [1.807, 2.05) is 26.0 Å². The van der Waals surface area contributed by atoms with Gasteiger partial charge in [0.15, 0.2) is 11.5 Å². The van der Waals surface area contributed by atoms with Crippen LogP contribution in [0, 0.1) is 0 Å². The number of benzene rings is 1. The van der Waals surface area contributed by atoms with Crippen molar-refractivity contribution in [2.24, 2.45) is 0 Å². The van der Waals surface area contributed by atoms with E-state index in [4.69, 9.17) is 14.2 Å². The molecule has 0 bridgehead atoms. The van der Waals surface area contributed by atoms with Crippen molar-refractivity contribution >= 4 is 0 Å². The summed E-state index contributed by atoms with van der Waals surface area (Å²) >= 11 is 0. The van der Waals surface area contributed by atoms with Crippen LogP contribution in [0.3, 0.4) is 0 Å². The lowest BCUT2D eigenvalue weighted by Gasteiger charge is -2.14. The summed E-state index contributed by atoms with van der Waals surface area (Å²) in [6.45, 7) is 9.45. The average Bonchev–Trinajstić information content (AvgIpc) is 2.47. The molecule has 0 saturated heterocycles. The Morgan fingerprint density at radius 1 is 1.14 bits per heavy atom. The van der Waals surface area contributed by atoms with E-state index in [1.165, 1.54) is 12.0 Å². The van der Waals surface area contributed by atoms with Crippen molar-refractivity contribution in [2.75, 3.05) is 26.9 Å². The van der Waals surface area contributed by atoms with Crippen LogP contribution in [-0.2, 0) is 11.3 Å². The van der Waals surface area contributed by atoms with Crippen molar-refractivity contribution in [3.8, 4) is 11.5 Å². The Labute approximate surface area is 128 Å². The van der Waals surface area contributed by atoms with Gasteiger partial charge in [-0.3, -0.25) is 0 Å². The van der Waals surface area contributed by atoms with Crippen LogP contribution in [0.25, 0.3) is 0 Å². The number of rotatable bonds is 11. The summed E-state index contributed by atoms with van der Waals surface area (Å²) in [5.74, 6) is 1.57. The molecule has 1 rings (SSSR count). The molecule has 0 aliphatic rings. The summed E-state index contributed by atoms with van der Waals surface area (Å²) in [7, 11) is 1.67. The van der Waals surface area contributed by atoms with Crippen LogP contribution in [-0.4, -0.2) is 33.0 Å². The van der Waals surface area contributed by atoms with Crippen molar-refractivity contribution in [3.05, 3.63) is 23.8 Å². The molecule has 0 amide bonds. The van der Waals surface area contributed by atoms with E-state index in [2.05, 4.69) is 18.3 Å². The van der Waals surface area contributed by atoms with Crippen molar-refractivity contribution in [1.82, 2.24) is 5.32 Å². The number of hydrogen-bond donors (Lipinski definition) is 1. The van der Waals surface area contributed by atoms with Crippen LogP contribution >= 0.6 is 0 Å². The van der Waals surface area contributed by atoms with Crippen LogP contribution in [0.1, 0.15) is 39.2 Å². The van der Waals surface area contributed by atoms with Crippen molar-refractivity contribution in [2.45, 2.75) is 46.3 Å². The second-order valence-electron chi connectivity index (χ2n) is 5.29. The second kappa shape index (κ2) is 10.5. The van der Waals surface area contributed by atoms with E-state index in [9.17, 15) is 0 Å². The quantitative estimate of drug-likeness (QED) is 0.635. The van der Waals surface area contributed by atoms with Crippen molar-refractivity contribution in [1.29, 1.82) is 0 Å². The Morgan fingerprint density at radius 3 is 2.62 bits per heavy atom. The molecule has 1 N–H and O–H groups in total. The number of unbranched alkanes of at least 4 members (excludes halogenated alkanes) is 1. The smallest absolute Gasteiger partial charge is 0.161 e. The molecule has 4 heteroatoms. The zero-order valence-electron chi connectivity index (χ0n) is 13.8. The number of methoxy groups -OCH3 is 1. The maximum Gasteiger partial charge on any atom is 0.161 e. The lowest BCUT2D eigenvalue weighted by molar-refractivity contribution is 0.133. The van der Waals surface area contributed by atoms with Crippen LogP contribution in [0.15, 0.2) is 18.2 Å². The fourth-order valence-corrected chi connectivity index (χ4v) is 1.90. The monoisotopic (exact) mass is 295 g/mol. The van der Waals surface area contributed by atoms with Gasteiger partial charge in [-0.25, -0.2) is 0 Å². The van der Waals surface area contributed by atoms with Gasteiger partial charge in [0, 0.05) is 19.7 Å². The third-order valence-corrected chi connectivity index (χ3v) is 2.99. The standard InChI is InChI=1S/C17H29NO3/c1-5-6-10-20-11-9-18-13-15-7-8-16(21-14(2)3)17(12-15)19-4/h7-8,12,14,18H,5-6,9-11,13H2,1-4H3. The first-order chi connectivity index (χ1) is 10.2. The molecular formula is C17H29NO3. The summed E-state index contributed by atoms with van der Waals surface area (Å²) < 4.78 is 16.6. The van der Waals surface area contributed by atoms with Crippen LogP contribution in [0.5, 0.6) is 11.5 Å². The third kappa shape index (κ3) is 7.34. The summed E-state index contributed by atoms with van der Waals surface area (Å²) in [6.07, 6.45) is 2.45. The number of hydrogen-bond acceptors (Lipinski definition) is 4. The van der Waals surface area contributed by atoms with Gasteiger partial charge in [-0.05, 0) is 38.0 Å². The van der Waals surface area contributed by atoms with E-state index in [1.54, 1.807) is 7.11 Å². The normalized spacial score (nSPS) is 10.9. The number of ether oxygens (including phenoxy) is 3. The molecule has 0 aliphatic carbocycles. The predicted molar refractivity (Wildman–Crippen MR) is 86.2 cm³/mol. The van der Waals surface area contributed by atoms with E-state index in [0.717, 1.165) is 44.2 Å². The first-order valence-corrected chi connectivity index (χ1v) is 7.79. The Kier molecular flexibility index (Phi) is 8.87. The Morgan fingerprint density at radius 2 is 1.95 bits per heavy atom. The maximum absolute atomic E-state index is 5.71. The minimum absolute atomic E-state index is 0.142. The molecule has 0 heterocycles. The molecule has 0 saturated carbocycles. The van der Waals surface area contributed by atoms with Crippen LogP contribution < -0.4 is 14.8 Å². The van der Waals surface area contributed by atoms with Crippen LogP contribution in [0.4, 0.5) is 0 Å². The second-order valence-corrected chi connectivity index (χ2v) is 5.29. The SMILES string of the molecule is CCCCOCCNCc1ccc(OC(C)C)c(OC)c1. The van der Waals surface area contributed by atoms with E-state index < -0.39 is 0 Å². The highest BCUT2D eigenvalue weighted by molar-refractivity contribution is 5.43. The van der Waals surface area contributed by atoms with E-state index in [0.29, 0.717) is 0 Å². The maximum atomic E-state index is 5.71. The largest absolute Gasteiger partial charge is 0.493 e. The highest BCUT2D eigenvalue weighted by Gasteiger charge is 2.07. The molecule has 0 radical (unpaired) electrons. The molecule has 21 heavy (non-hydrogen) atoms. The summed E-state index contributed by atoms with van der Waals surface area (Å²) in [4.78, 5) is 0. The molecule has 0 unspecified atom stereocenters. The Bertz CT molecular complexity index is 394. The van der Waals surface area contributed by atoms with Gasteiger partial charge in [0.25, 0.3) is 0 Å². The van der Waals surface area contributed by atoms with Gasteiger partial charge in [-0.15, -0.1) is 0 Å². The summed E-state index contributed by atoms with van der Waals surface area (Å²) in [5.41, 5.74) is 1.18. The number of nitrogens with one attached hydrogen (secondary N) is 1. The molecule has 0 fully saturated rings. The molecule has 0 aliphatic heterocycles. The zero-order chi connectivity index (χ0) is 15.5. The molecule has 4 nitrogen and oxygen atoms in total. The molecule has 0 spiro atoms. The molecule has 1 aromatic rings. The zero-order valence-corrected chi connectivity index (χ0v) is 13.8. The molecular weight excluding hydrogens is 266 g/mol. The Balaban J connectivity index is 2.35. The van der Waals surface area contributed by atoms with Gasteiger partial charge >= 0.3 is 0 Å². The van der Waals surface area contributed by atoms with E-state index in [-0.39, 0.29) is 6.10 Å². The fraction of sp³-hybridized carbons (Fsp3) is 0.647. The predicted octanol–water partition coefficient (Wildman–Crippen LogP) is 3.39. The minimum Gasteiger partial charge on any atom is -0.493 e. The van der Waals surface area contributed by atoms with Crippen molar-refractivity contribution in [3.63, 3.8) is 0 Å². The topological polar surface area (TPSA) is 39.7 Å². The molecule has 120 valence electrons. The van der Waals surface area contributed by atoms with Gasteiger partial charge in [-0.2, -0.15) is 0 Å². The average molecular weight is 295 g/mol. The van der Waals surface area contributed by atoms with Crippen molar-refractivity contribution < 1.29 is 14.2 Å². The van der Waals surface area contributed by atoms with Gasteiger partial charge in [-0.1, -0.05) is 19.4 Å². The van der Waals surface area contributed by atoms with Gasteiger partial charge in [0.1, 0.15) is 0 Å². The lowest BCUT2D eigenvalue weighted by atomic mass is 10.2. The molecule has 0 aromatic heterocycles. The first-order valence-electron chi connectivity index (χ1n) is 7.79. The summed E-state index contributed by atoms with van der Waals surface area (Å²) in [5, 5.41) is 3.37. The lowest BCUT2D eigenvalue weighted by Crippen LogP contribution is -2.19. The summed E-state index contributed by atoms with van der Waals surface area (Å²) in [6, 6.07) is 6.04. The van der Waals surface area contributed by atoms with E-state index >= 15 is 0 Å². The van der Waals surface area contributed by atoms with Gasteiger partial charge in [0.05, 0.1) is 19.8 Å². The highest BCUT2D eigenvalue weighted by atomic mass is 16.5. The molecule has 0 atom stereocenters. The van der Waals surface area contributed by atoms with Gasteiger partial charge < -0.3 is 19.5 Å². The Hall–Kier alpha value is -1.26. The van der Waals surface area contributed by atoms with Gasteiger partial charge in [0.2, 0.25) is 0 Å². The first kappa shape index (κ1) is 17.8. The minimum atomic E-state index is 0.142. The molecule has 1 aromatic carbocycles. The fourth-order valence-electron chi connectivity index (χ4n) is 1.90. The third-order valence-electron chi connectivity index (χ3n) is 2.99. The van der Waals surface area contributed by atoms with Crippen LogP contribution in [0.2, 0.25) is 0 Å².